The van der Waals surface area contributed by atoms with Gasteiger partial charge in [0.05, 0.1) is 19.0 Å². The van der Waals surface area contributed by atoms with E-state index in [0.717, 1.165) is 0 Å². The summed E-state index contributed by atoms with van der Waals surface area (Å²) in [5, 5.41) is 0. The van der Waals surface area contributed by atoms with Crippen molar-refractivity contribution in [2.24, 2.45) is 0 Å². The van der Waals surface area contributed by atoms with Crippen molar-refractivity contribution in [3.05, 3.63) is 34.1 Å². The Bertz CT molecular complexity index is 596. The molecule has 0 fully saturated rings. The molecule has 16 heavy (non-hydrogen) atoms. The summed E-state index contributed by atoms with van der Waals surface area (Å²) >= 11 is 0. The van der Waals surface area contributed by atoms with Crippen LogP contribution < -0.4 is 5.56 Å². The molecular weight excluding hydrogens is 212 g/mol. The maximum Gasteiger partial charge on any atom is 0.345 e. The van der Waals surface area contributed by atoms with Crippen molar-refractivity contribution < 1.29 is 13.9 Å². The first-order valence-electron chi connectivity index (χ1n) is 4.78. The molecule has 0 radical (unpaired) electrons. The lowest BCUT2D eigenvalue weighted by atomic mass is 10.3. The average molecular weight is 222 g/mol. The van der Waals surface area contributed by atoms with Gasteiger partial charge in [0.2, 0.25) is 0 Å². The molecule has 2 rings (SSSR count). The maximum absolute atomic E-state index is 11.8. The van der Waals surface area contributed by atoms with Crippen molar-refractivity contribution in [2.75, 3.05) is 6.61 Å². The van der Waals surface area contributed by atoms with E-state index in [9.17, 15) is 9.59 Å². The molecule has 0 aromatic carbocycles. The molecule has 0 saturated carbocycles. The molecule has 0 aliphatic heterocycles. The Morgan fingerprint density at radius 1 is 1.62 bits per heavy atom. The van der Waals surface area contributed by atoms with Crippen LogP contribution in [-0.4, -0.2) is 22.0 Å². The Hall–Kier alpha value is -2.11. The monoisotopic (exact) mass is 222 g/mol. The fraction of sp³-hybridized carbons (Fsp3) is 0.300. The van der Waals surface area contributed by atoms with Gasteiger partial charge >= 0.3 is 11.8 Å². The normalized spacial score (nSPS) is 10.6. The van der Waals surface area contributed by atoms with Crippen molar-refractivity contribution in [3.63, 3.8) is 0 Å². The van der Waals surface area contributed by atoms with Crippen LogP contribution in [0.15, 0.2) is 21.6 Å². The fourth-order valence-electron chi connectivity index (χ4n) is 1.34. The van der Waals surface area contributed by atoms with Crippen molar-refractivity contribution in [2.45, 2.75) is 13.8 Å². The SMILES string of the molecule is CCOC(=O)c1cnc2oc(C)cn2c1=O. The summed E-state index contributed by atoms with van der Waals surface area (Å²) in [6.07, 6.45) is 2.64. The van der Waals surface area contributed by atoms with Crippen LogP contribution in [0.3, 0.4) is 0 Å². The van der Waals surface area contributed by atoms with Gasteiger partial charge in [-0.2, -0.15) is 0 Å². The van der Waals surface area contributed by atoms with E-state index < -0.39 is 11.5 Å². The molecule has 2 aromatic heterocycles. The van der Waals surface area contributed by atoms with Gasteiger partial charge in [0.25, 0.3) is 5.56 Å². The number of carbonyl (C=O) groups excluding carboxylic acids is 1. The predicted molar refractivity (Wildman–Crippen MR) is 54.4 cm³/mol. The first-order chi connectivity index (χ1) is 7.63. The van der Waals surface area contributed by atoms with Crippen molar-refractivity contribution in [1.29, 1.82) is 0 Å². The van der Waals surface area contributed by atoms with Gasteiger partial charge in [0.15, 0.2) is 0 Å². The Labute approximate surface area is 90.5 Å². The van der Waals surface area contributed by atoms with Gasteiger partial charge < -0.3 is 9.15 Å². The molecular formula is C10H10N2O4. The zero-order chi connectivity index (χ0) is 11.7. The number of esters is 1. The van der Waals surface area contributed by atoms with Gasteiger partial charge in [-0.3, -0.25) is 4.79 Å². The van der Waals surface area contributed by atoms with Gasteiger partial charge in [-0.15, -0.1) is 0 Å². The summed E-state index contributed by atoms with van der Waals surface area (Å²) in [6, 6.07) is 0. The highest BCUT2D eigenvalue weighted by atomic mass is 16.5. The lowest BCUT2D eigenvalue weighted by Gasteiger charge is -1.99. The van der Waals surface area contributed by atoms with E-state index in [4.69, 9.17) is 9.15 Å². The molecule has 0 aliphatic carbocycles. The number of rotatable bonds is 2. The number of carbonyl (C=O) groups is 1. The summed E-state index contributed by atoms with van der Waals surface area (Å²) in [6.45, 7) is 3.58. The van der Waals surface area contributed by atoms with E-state index in [1.54, 1.807) is 13.8 Å². The predicted octanol–water partition coefficient (Wildman–Crippen LogP) is 0.773. The molecule has 6 heteroatoms. The van der Waals surface area contributed by atoms with E-state index in [-0.39, 0.29) is 18.0 Å². The Morgan fingerprint density at radius 3 is 3.06 bits per heavy atom. The van der Waals surface area contributed by atoms with E-state index in [1.165, 1.54) is 16.8 Å². The van der Waals surface area contributed by atoms with Crippen molar-refractivity contribution in [3.8, 4) is 0 Å². The Morgan fingerprint density at radius 2 is 2.38 bits per heavy atom. The highest BCUT2D eigenvalue weighted by Crippen LogP contribution is 2.04. The largest absolute Gasteiger partial charge is 0.462 e. The van der Waals surface area contributed by atoms with Gasteiger partial charge in [-0.1, -0.05) is 0 Å². The lowest BCUT2D eigenvalue weighted by Crippen LogP contribution is -2.23. The molecule has 0 bridgehead atoms. The van der Waals surface area contributed by atoms with Gasteiger partial charge in [0, 0.05) is 0 Å². The summed E-state index contributed by atoms with van der Waals surface area (Å²) in [5.74, 6) is 0.0365. The minimum Gasteiger partial charge on any atom is -0.462 e. The second kappa shape index (κ2) is 3.80. The lowest BCUT2D eigenvalue weighted by molar-refractivity contribution is 0.0523. The molecule has 0 amide bonds. The van der Waals surface area contributed by atoms with Gasteiger partial charge in [-0.05, 0) is 13.8 Å². The molecule has 2 aromatic rings. The third-order valence-electron chi connectivity index (χ3n) is 2.02. The molecule has 84 valence electrons. The third kappa shape index (κ3) is 1.58. The highest BCUT2D eigenvalue weighted by molar-refractivity contribution is 5.88. The molecule has 0 aliphatic rings. The highest BCUT2D eigenvalue weighted by Gasteiger charge is 2.15. The minimum atomic E-state index is -0.673. The summed E-state index contributed by atoms with van der Waals surface area (Å²) in [5.41, 5.74) is -0.583. The molecule has 0 unspecified atom stereocenters. The quantitative estimate of drug-likeness (QED) is 0.702. The van der Waals surface area contributed by atoms with E-state index in [1.807, 2.05) is 0 Å². The molecule has 2 heterocycles. The van der Waals surface area contributed by atoms with Crippen LogP contribution in [0, 0.1) is 6.92 Å². The van der Waals surface area contributed by atoms with Crippen LogP contribution in [-0.2, 0) is 4.74 Å². The van der Waals surface area contributed by atoms with Crippen LogP contribution in [0.2, 0.25) is 0 Å². The smallest absolute Gasteiger partial charge is 0.345 e. The second-order valence-electron chi connectivity index (χ2n) is 3.19. The average Bonchev–Trinajstić information content (AvgIpc) is 2.60. The van der Waals surface area contributed by atoms with Gasteiger partial charge in [0.1, 0.15) is 11.3 Å². The van der Waals surface area contributed by atoms with Crippen molar-refractivity contribution >= 4 is 11.8 Å². The summed E-state index contributed by atoms with van der Waals surface area (Å²) < 4.78 is 11.1. The summed E-state index contributed by atoms with van der Waals surface area (Å²) in [7, 11) is 0. The molecule has 0 saturated heterocycles. The standard InChI is InChI=1S/C10H10N2O4/c1-3-15-9(14)7-4-11-10-12(8(7)13)5-6(2)16-10/h4-5H,3H2,1-2H3. The molecule has 6 nitrogen and oxygen atoms in total. The number of hydrogen-bond donors (Lipinski definition) is 0. The summed E-state index contributed by atoms with van der Waals surface area (Å²) in [4.78, 5) is 27.1. The second-order valence-corrected chi connectivity index (χ2v) is 3.19. The first kappa shape index (κ1) is 10.4. The number of fused-ring (bicyclic) bond motifs is 1. The maximum atomic E-state index is 11.8. The number of oxazole rings is 1. The number of nitrogens with zero attached hydrogens (tertiary/aromatic N) is 2. The third-order valence-corrected chi connectivity index (χ3v) is 2.02. The number of ether oxygens (including phenoxy) is 1. The number of aryl methyl sites for hydroxylation is 1. The van der Waals surface area contributed by atoms with E-state index in [2.05, 4.69) is 4.98 Å². The van der Waals surface area contributed by atoms with Crippen LogP contribution in [0.5, 0.6) is 0 Å². The molecule has 0 atom stereocenters. The number of aromatic nitrogens is 2. The van der Waals surface area contributed by atoms with Crippen LogP contribution in [0.25, 0.3) is 5.84 Å². The van der Waals surface area contributed by atoms with Crippen LogP contribution in [0.1, 0.15) is 23.0 Å². The Balaban J connectivity index is 2.60. The zero-order valence-electron chi connectivity index (χ0n) is 8.89. The topological polar surface area (TPSA) is 73.8 Å². The molecule has 0 N–H and O–H groups in total. The fourth-order valence-corrected chi connectivity index (χ4v) is 1.34. The minimum absolute atomic E-state index is 0.0971. The zero-order valence-corrected chi connectivity index (χ0v) is 8.89. The van der Waals surface area contributed by atoms with Crippen LogP contribution >= 0.6 is 0 Å². The van der Waals surface area contributed by atoms with Gasteiger partial charge in [-0.25, -0.2) is 14.2 Å². The Kier molecular flexibility index (Phi) is 2.47. The van der Waals surface area contributed by atoms with Crippen LogP contribution in [0.4, 0.5) is 0 Å². The number of hydrogen-bond acceptors (Lipinski definition) is 5. The molecule has 0 spiro atoms. The van der Waals surface area contributed by atoms with Crippen molar-refractivity contribution in [1.82, 2.24) is 9.38 Å². The van der Waals surface area contributed by atoms with E-state index in [0.29, 0.717) is 5.76 Å². The first-order valence-corrected chi connectivity index (χ1v) is 4.78. The van der Waals surface area contributed by atoms with E-state index >= 15 is 0 Å².